The standard InChI is InChI=1S/C41H75NO4/c1-3-5-7-9-11-13-15-17-19-20-21-22-24-26-28-30-32-34-38(44)36-41(46)42-39(37-43)40(45)35-33-31-29-27-25-23-18-16-14-12-10-8-6-4-2/h11,13,15,17,25,27,33,35,38-40,43-45H,3-10,12,14,16,18-24,26,28-32,34,36-37H2,1-2H3,(H,42,46)/b13-11-,17-15-,27-25+,35-33+. The Bertz CT molecular complexity index is 760. The lowest BCUT2D eigenvalue weighted by Gasteiger charge is -2.21. The predicted molar refractivity (Wildman–Crippen MR) is 199 cm³/mol. The second-order valence-electron chi connectivity index (χ2n) is 13.2. The number of carbonyl (C=O) groups is 1. The molecule has 0 radical (unpaired) electrons. The molecule has 268 valence electrons. The molecule has 46 heavy (non-hydrogen) atoms. The molecule has 0 fully saturated rings. The molecule has 1 amide bonds. The van der Waals surface area contributed by atoms with Crippen LogP contribution in [-0.2, 0) is 4.79 Å². The summed E-state index contributed by atoms with van der Waals surface area (Å²) >= 11 is 0. The molecule has 3 atom stereocenters. The highest BCUT2D eigenvalue weighted by Gasteiger charge is 2.20. The molecule has 0 saturated heterocycles. The fourth-order valence-electron chi connectivity index (χ4n) is 5.58. The molecule has 3 unspecified atom stereocenters. The van der Waals surface area contributed by atoms with Crippen molar-refractivity contribution in [1.29, 1.82) is 0 Å². The zero-order valence-corrected chi connectivity index (χ0v) is 30.2. The minimum Gasteiger partial charge on any atom is -0.394 e. The Morgan fingerprint density at radius 1 is 0.565 bits per heavy atom. The highest BCUT2D eigenvalue weighted by Crippen LogP contribution is 2.13. The van der Waals surface area contributed by atoms with Gasteiger partial charge < -0.3 is 20.6 Å². The molecular formula is C41H75NO4. The Morgan fingerprint density at radius 3 is 1.57 bits per heavy atom. The highest BCUT2D eigenvalue weighted by molar-refractivity contribution is 5.76. The van der Waals surface area contributed by atoms with Crippen LogP contribution in [0.5, 0.6) is 0 Å². The summed E-state index contributed by atoms with van der Waals surface area (Å²) in [5, 5.41) is 33.1. The number of unbranched alkanes of at least 4 members (excludes halogenated alkanes) is 20. The lowest BCUT2D eigenvalue weighted by Crippen LogP contribution is -2.45. The van der Waals surface area contributed by atoms with Crippen LogP contribution in [0.4, 0.5) is 0 Å². The third kappa shape index (κ3) is 32.3. The second kappa shape index (κ2) is 36.2. The van der Waals surface area contributed by atoms with Crippen molar-refractivity contribution in [1.82, 2.24) is 5.32 Å². The number of aliphatic hydroxyl groups is 3. The lowest BCUT2D eigenvalue weighted by atomic mass is 10.0. The monoisotopic (exact) mass is 646 g/mol. The van der Waals surface area contributed by atoms with E-state index < -0.39 is 18.2 Å². The van der Waals surface area contributed by atoms with E-state index in [0.29, 0.717) is 6.42 Å². The van der Waals surface area contributed by atoms with Crippen LogP contribution in [0.15, 0.2) is 48.6 Å². The molecule has 0 rings (SSSR count). The molecule has 0 aromatic heterocycles. The average molecular weight is 646 g/mol. The molecule has 0 spiro atoms. The molecule has 0 aromatic carbocycles. The van der Waals surface area contributed by atoms with Gasteiger partial charge in [0.15, 0.2) is 0 Å². The van der Waals surface area contributed by atoms with Gasteiger partial charge in [0.05, 0.1) is 31.3 Å². The fraction of sp³-hybridized carbons (Fsp3) is 0.780. The van der Waals surface area contributed by atoms with Gasteiger partial charge in [-0.1, -0.05) is 165 Å². The van der Waals surface area contributed by atoms with Crippen LogP contribution in [0.25, 0.3) is 0 Å². The fourth-order valence-corrected chi connectivity index (χ4v) is 5.58. The molecular weight excluding hydrogens is 570 g/mol. The van der Waals surface area contributed by atoms with Gasteiger partial charge in [-0.25, -0.2) is 0 Å². The first kappa shape index (κ1) is 44.3. The van der Waals surface area contributed by atoms with Crippen molar-refractivity contribution in [2.45, 2.75) is 199 Å². The first-order valence-electron chi connectivity index (χ1n) is 19.4. The first-order chi connectivity index (χ1) is 22.5. The lowest BCUT2D eigenvalue weighted by molar-refractivity contribution is -0.124. The van der Waals surface area contributed by atoms with Crippen LogP contribution in [0.2, 0.25) is 0 Å². The SMILES string of the molecule is CCCCC/C=C\C=C/CCCCCCCCCCC(O)CC(=O)NC(CO)C(O)/C=C/CC/C=C/CCCCCCCCCC. The Morgan fingerprint density at radius 2 is 1.00 bits per heavy atom. The van der Waals surface area contributed by atoms with Crippen molar-refractivity contribution in [3.05, 3.63) is 48.6 Å². The summed E-state index contributed by atoms with van der Waals surface area (Å²) in [5.74, 6) is -0.333. The molecule has 0 aliphatic heterocycles. The summed E-state index contributed by atoms with van der Waals surface area (Å²) in [6.07, 6.45) is 45.2. The number of rotatable bonds is 34. The van der Waals surface area contributed by atoms with Gasteiger partial charge in [0.25, 0.3) is 0 Å². The molecule has 0 bridgehead atoms. The van der Waals surface area contributed by atoms with Gasteiger partial charge >= 0.3 is 0 Å². The normalized spacial score (nSPS) is 14.3. The van der Waals surface area contributed by atoms with E-state index in [4.69, 9.17) is 0 Å². The topological polar surface area (TPSA) is 89.8 Å². The molecule has 0 aliphatic carbocycles. The van der Waals surface area contributed by atoms with E-state index in [1.54, 1.807) is 6.08 Å². The van der Waals surface area contributed by atoms with Crippen LogP contribution in [0.3, 0.4) is 0 Å². The van der Waals surface area contributed by atoms with E-state index in [1.807, 2.05) is 6.08 Å². The van der Waals surface area contributed by atoms with Gasteiger partial charge in [-0.3, -0.25) is 4.79 Å². The molecule has 5 nitrogen and oxygen atoms in total. The van der Waals surface area contributed by atoms with Gasteiger partial charge in [-0.2, -0.15) is 0 Å². The van der Waals surface area contributed by atoms with Gasteiger partial charge in [-0.15, -0.1) is 0 Å². The minimum absolute atomic E-state index is 0.000317. The van der Waals surface area contributed by atoms with Gasteiger partial charge in [-0.05, 0) is 57.8 Å². The zero-order valence-electron chi connectivity index (χ0n) is 30.2. The van der Waals surface area contributed by atoms with Crippen LogP contribution in [-0.4, -0.2) is 46.1 Å². The smallest absolute Gasteiger partial charge is 0.222 e. The number of hydrogen-bond donors (Lipinski definition) is 4. The highest BCUT2D eigenvalue weighted by atomic mass is 16.3. The van der Waals surface area contributed by atoms with E-state index in [0.717, 1.165) is 38.5 Å². The predicted octanol–water partition coefficient (Wildman–Crippen LogP) is 10.6. The van der Waals surface area contributed by atoms with Crippen LogP contribution in [0, 0.1) is 0 Å². The summed E-state index contributed by atoms with van der Waals surface area (Å²) in [7, 11) is 0. The van der Waals surface area contributed by atoms with E-state index in [-0.39, 0.29) is 18.9 Å². The van der Waals surface area contributed by atoms with Crippen molar-refractivity contribution in [2.24, 2.45) is 0 Å². The molecule has 0 aromatic rings. The zero-order chi connectivity index (χ0) is 33.8. The summed E-state index contributed by atoms with van der Waals surface area (Å²) in [4.78, 5) is 12.4. The molecule has 0 heterocycles. The van der Waals surface area contributed by atoms with Crippen molar-refractivity contribution < 1.29 is 20.1 Å². The molecule has 0 aliphatic rings. The van der Waals surface area contributed by atoms with Crippen LogP contribution >= 0.6 is 0 Å². The molecule has 5 heteroatoms. The summed E-state index contributed by atoms with van der Waals surface area (Å²) in [5.41, 5.74) is 0. The third-order valence-electron chi connectivity index (χ3n) is 8.62. The number of hydrogen-bond acceptors (Lipinski definition) is 4. The maximum Gasteiger partial charge on any atom is 0.222 e. The van der Waals surface area contributed by atoms with Crippen molar-refractivity contribution in [3.8, 4) is 0 Å². The summed E-state index contributed by atoms with van der Waals surface area (Å²) in [6.45, 7) is 4.15. The molecule has 4 N–H and O–H groups in total. The van der Waals surface area contributed by atoms with Gasteiger partial charge in [0.2, 0.25) is 5.91 Å². The maximum absolute atomic E-state index is 12.4. The van der Waals surface area contributed by atoms with Crippen LogP contribution in [0.1, 0.15) is 181 Å². The van der Waals surface area contributed by atoms with Crippen molar-refractivity contribution >= 4 is 5.91 Å². The third-order valence-corrected chi connectivity index (χ3v) is 8.62. The van der Waals surface area contributed by atoms with E-state index in [2.05, 4.69) is 55.6 Å². The van der Waals surface area contributed by atoms with E-state index in [1.165, 1.54) is 116 Å². The number of amides is 1. The Balaban J connectivity index is 3.78. The number of nitrogens with one attached hydrogen (secondary N) is 1. The number of carbonyl (C=O) groups excluding carboxylic acids is 1. The average Bonchev–Trinajstić information content (AvgIpc) is 3.05. The first-order valence-corrected chi connectivity index (χ1v) is 19.4. The Labute approximate surface area is 285 Å². The number of aliphatic hydroxyl groups excluding tert-OH is 3. The van der Waals surface area contributed by atoms with Gasteiger partial charge in [0.1, 0.15) is 0 Å². The van der Waals surface area contributed by atoms with Crippen molar-refractivity contribution in [2.75, 3.05) is 6.61 Å². The van der Waals surface area contributed by atoms with Crippen molar-refractivity contribution in [3.63, 3.8) is 0 Å². The van der Waals surface area contributed by atoms with E-state index >= 15 is 0 Å². The Hall–Kier alpha value is -1.69. The van der Waals surface area contributed by atoms with Crippen LogP contribution < -0.4 is 5.32 Å². The summed E-state index contributed by atoms with van der Waals surface area (Å²) < 4.78 is 0. The number of allylic oxidation sites excluding steroid dienone is 7. The largest absolute Gasteiger partial charge is 0.394 e. The van der Waals surface area contributed by atoms with Gasteiger partial charge in [0, 0.05) is 0 Å². The Kier molecular flexibility index (Phi) is 34.8. The second-order valence-corrected chi connectivity index (χ2v) is 13.2. The maximum atomic E-state index is 12.4. The molecule has 0 saturated carbocycles. The quantitative estimate of drug-likeness (QED) is 0.0318. The minimum atomic E-state index is -0.953. The van der Waals surface area contributed by atoms with E-state index in [9.17, 15) is 20.1 Å². The summed E-state index contributed by atoms with van der Waals surface area (Å²) in [6, 6.07) is -0.762.